The van der Waals surface area contributed by atoms with Crippen molar-refractivity contribution in [1.82, 2.24) is 4.57 Å². The topological polar surface area (TPSA) is 97.8 Å². The summed E-state index contributed by atoms with van der Waals surface area (Å²) in [5.41, 5.74) is 5.70. The number of carboxylic acid groups (broad SMARTS) is 1. The number of hydrogen-bond acceptors (Lipinski definition) is 5. The van der Waals surface area contributed by atoms with Gasteiger partial charge in [-0.2, -0.15) is 0 Å². The lowest BCUT2D eigenvalue weighted by Crippen LogP contribution is -2.46. The molecule has 1 fully saturated rings. The minimum atomic E-state index is -1.33. The third-order valence-electron chi connectivity index (χ3n) is 5.43. The van der Waals surface area contributed by atoms with Gasteiger partial charge in [0.15, 0.2) is 11.6 Å². The number of carboxylic acids is 1. The van der Waals surface area contributed by atoms with Gasteiger partial charge in [-0.15, -0.1) is 0 Å². The first-order chi connectivity index (χ1) is 13.3. The number of benzene rings is 1. The molecule has 2 unspecified atom stereocenters. The Bertz CT molecular complexity index is 972. The maximum atomic E-state index is 15.2. The second kappa shape index (κ2) is 7.79. The van der Waals surface area contributed by atoms with Gasteiger partial charge in [-0.25, -0.2) is 9.18 Å². The summed E-state index contributed by atoms with van der Waals surface area (Å²) in [6.07, 6.45) is 2.75. The standard InChI is InChI=1S/C20H26FN3O4/c1-4-6-23-10-13(20(26)27)18(25)12-8-14(21)17(19(28-3)16(12)23)24-7-5-15(22)11(2)9-24/h8,10-11,15H,4-7,9,22H2,1-3H3,(H,26,27). The fourth-order valence-electron chi connectivity index (χ4n) is 3.91. The van der Waals surface area contributed by atoms with E-state index in [1.54, 1.807) is 4.57 Å². The molecule has 3 N–H and O–H groups in total. The minimum Gasteiger partial charge on any atom is -0.492 e. The highest BCUT2D eigenvalue weighted by Crippen LogP contribution is 2.39. The van der Waals surface area contributed by atoms with Gasteiger partial charge >= 0.3 is 5.97 Å². The highest BCUT2D eigenvalue weighted by atomic mass is 19.1. The van der Waals surface area contributed by atoms with Crippen LogP contribution in [-0.4, -0.2) is 41.9 Å². The highest BCUT2D eigenvalue weighted by molar-refractivity contribution is 5.97. The number of hydrogen-bond donors (Lipinski definition) is 2. The second-order valence-corrected chi connectivity index (χ2v) is 7.38. The van der Waals surface area contributed by atoms with Crippen molar-refractivity contribution >= 4 is 22.6 Å². The number of halogens is 1. The van der Waals surface area contributed by atoms with E-state index in [4.69, 9.17) is 10.5 Å². The monoisotopic (exact) mass is 391 g/mol. The van der Waals surface area contributed by atoms with Crippen molar-refractivity contribution in [2.75, 3.05) is 25.1 Å². The number of carbonyl (C=O) groups is 1. The Hall–Kier alpha value is -2.61. The van der Waals surface area contributed by atoms with Crippen LogP contribution in [0.4, 0.5) is 10.1 Å². The van der Waals surface area contributed by atoms with Gasteiger partial charge in [0.05, 0.1) is 18.0 Å². The summed E-state index contributed by atoms with van der Waals surface area (Å²) in [6, 6.07) is 1.19. The fourth-order valence-corrected chi connectivity index (χ4v) is 3.91. The Morgan fingerprint density at radius 3 is 2.75 bits per heavy atom. The normalized spacial score (nSPS) is 19.8. The van der Waals surface area contributed by atoms with Crippen molar-refractivity contribution in [2.24, 2.45) is 11.7 Å². The summed E-state index contributed by atoms with van der Waals surface area (Å²) < 4.78 is 22.4. The maximum Gasteiger partial charge on any atom is 0.341 e. The molecule has 0 amide bonds. The SMILES string of the molecule is CCCn1cc(C(=O)O)c(=O)c2cc(F)c(N3CCC(N)C(C)C3)c(OC)c21. The number of rotatable bonds is 5. The number of ether oxygens (including phenoxy) is 1. The first-order valence-electron chi connectivity index (χ1n) is 9.47. The lowest BCUT2D eigenvalue weighted by Gasteiger charge is -2.37. The van der Waals surface area contributed by atoms with Crippen LogP contribution in [0.5, 0.6) is 5.75 Å². The number of pyridine rings is 1. The molecule has 152 valence electrons. The molecule has 0 aliphatic carbocycles. The Kier molecular flexibility index (Phi) is 5.60. The average Bonchev–Trinajstić information content (AvgIpc) is 2.65. The van der Waals surface area contributed by atoms with Crippen molar-refractivity contribution in [2.45, 2.75) is 39.3 Å². The van der Waals surface area contributed by atoms with Crippen molar-refractivity contribution in [3.05, 3.63) is 33.9 Å². The average molecular weight is 391 g/mol. The summed E-state index contributed by atoms with van der Waals surface area (Å²) in [4.78, 5) is 26.1. The molecular weight excluding hydrogens is 365 g/mol. The van der Waals surface area contributed by atoms with Crippen molar-refractivity contribution < 1.29 is 19.0 Å². The van der Waals surface area contributed by atoms with Crippen LogP contribution in [0.15, 0.2) is 17.1 Å². The van der Waals surface area contributed by atoms with E-state index in [1.165, 1.54) is 13.3 Å². The van der Waals surface area contributed by atoms with Crippen LogP contribution in [0, 0.1) is 11.7 Å². The van der Waals surface area contributed by atoms with Gasteiger partial charge in [-0.3, -0.25) is 4.79 Å². The van der Waals surface area contributed by atoms with Crippen molar-refractivity contribution in [3.8, 4) is 5.75 Å². The van der Waals surface area contributed by atoms with E-state index >= 15 is 4.39 Å². The molecule has 7 nitrogen and oxygen atoms in total. The number of anilines is 1. The molecule has 0 saturated carbocycles. The van der Waals surface area contributed by atoms with E-state index in [-0.39, 0.29) is 28.7 Å². The molecule has 2 aromatic rings. The predicted molar refractivity (Wildman–Crippen MR) is 106 cm³/mol. The number of nitrogens with two attached hydrogens (primary N) is 1. The van der Waals surface area contributed by atoms with Gasteiger partial charge in [-0.05, 0) is 24.8 Å². The largest absolute Gasteiger partial charge is 0.492 e. The van der Waals surface area contributed by atoms with Crippen LogP contribution < -0.4 is 20.8 Å². The smallest absolute Gasteiger partial charge is 0.341 e. The lowest BCUT2D eigenvalue weighted by atomic mass is 9.94. The van der Waals surface area contributed by atoms with Crippen LogP contribution >= 0.6 is 0 Å². The van der Waals surface area contributed by atoms with Crippen LogP contribution in [-0.2, 0) is 6.54 Å². The van der Waals surface area contributed by atoms with Gasteiger partial charge in [-0.1, -0.05) is 13.8 Å². The number of nitrogens with zero attached hydrogens (tertiary/aromatic N) is 2. The zero-order chi connectivity index (χ0) is 20.6. The van der Waals surface area contributed by atoms with Crippen molar-refractivity contribution in [3.63, 3.8) is 0 Å². The summed E-state index contributed by atoms with van der Waals surface area (Å²) >= 11 is 0. The predicted octanol–water partition coefficient (Wildman–Crippen LogP) is 2.43. The van der Waals surface area contributed by atoms with Crippen LogP contribution in [0.3, 0.4) is 0 Å². The number of fused-ring (bicyclic) bond motifs is 1. The van der Waals surface area contributed by atoms with E-state index in [1.807, 2.05) is 18.7 Å². The van der Waals surface area contributed by atoms with E-state index in [2.05, 4.69) is 0 Å². The number of piperidine rings is 1. The van der Waals surface area contributed by atoms with Crippen LogP contribution in [0.1, 0.15) is 37.0 Å². The molecule has 1 aromatic carbocycles. The van der Waals surface area contributed by atoms with Gasteiger partial charge in [0, 0.05) is 31.9 Å². The summed E-state index contributed by atoms with van der Waals surface area (Å²) in [6.45, 7) is 5.59. The van der Waals surface area contributed by atoms with Gasteiger partial charge in [0.1, 0.15) is 11.3 Å². The Labute approximate surface area is 162 Å². The number of aromatic carboxylic acids is 1. The Morgan fingerprint density at radius 2 is 2.18 bits per heavy atom. The Balaban J connectivity index is 2.32. The number of aromatic nitrogens is 1. The molecule has 28 heavy (non-hydrogen) atoms. The zero-order valence-electron chi connectivity index (χ0n) is 16.4. The molecule has 1 aromatic heterocycles. The molecule has 8 heteroatoms. The van der Waals surface area contributed by atoms with E-state index in [9.17, 15) is 14.7 Å². The fraction of sp³-hybridized carbons (Fsp3) is 0.500. The van der Waals surface area contributed by atoms with Crippen molar-refractivity contribution in [1.29, 1.82) is 0 Å². The maximum absolute atomic E-state index is 15.2. The molecule has 0 spiro atoms. The molecule has 3 rings (SSSR count). The van der Waals surface area contributed by atoms with Crippen LogP contribution in [0.25, 0.3) is 10.9 Å². The highest BCUT2D eigenvalue weighted by Gasteiger charge is 2.30. The van der Waals surface area contributed by atoms with Crippen LogP contribution in [0.2, 0.25) is 0 Å². The van der Waals surface area contributed by atoms with E-state index in [0.29, 0.717) is 37.3 Å². The molecule has 0 radical (unpaired) electrons. The third-order valence-corrected chi connectivity index (χ3v) is 5.43. The molecule has 1 saturated heterocycles. The summed E-state index contributed by atoms with van der Waals surface area (Å²) in [7, 11) is 1.43. The second-order valence-electron chi connectivity index (χ2n) is 7.38. The third kappa shape index (κ3) is 3.32. The number of aryl methyl sites for hydroxylation is 1. The molecule has 1 aliphatic heterocycles. The molecular formula is C20H26FN3O4. The quantitative estimate of drug-likeness (QED) is 0.812. The van der Waals surface area contributed by atoms with Gasteiger partial charge in [0.2, 0.25) is 5.43 Å². The summed E-state index contributed by atoms with van der Waals surface area (Å²) in [5, 5.41) is 9.38. The first kappa shape index (κ1) is 20.1. The van der Waals surface area contributed by atoms with Gasteiger partial charge in [0.25, 0.3) is 0 Å². The Morgan fingerprint density at radius 1 is 1.46 bits per heavy atom. The summed E-state index contributed by atoms with van der Waals surface area (Å²) in [5.74, 6) is -1.50. The molecule has 2 heterocycles. The zero-order valence-corrected chi connectivity index (χ0v) is 16.4. The van der Waals surface area contributed by atoms with Gasteiger partial charge < -0.3 is 25.0 Å². The number of methoxy groups -OCH3 is 1. The molecule has 2 atom stereocenters. The minimum absolute atomic E-state index is 0.00760. The van der Waals surface area contributed by atoms with E-state index < -0.39 is 17.2 Å². The molecule has 0 bridgehead atoms. The van der Waals surface area contributed by atoms with E-state index in [0.717, 1.165) is 12.5 Å². The first-order valence-corrected chi connectivity index (χ1v) is 9.47. The lowest BCUT2D eigenvalue weighted by molar-refractivity contribution is 0.0694. The molecule has 1 aliphatic rings.